The number of rotatable bonds is 3. The summed E-state index contributed by atoms with van der Waals surface area (Å²) in [6.45, 7) is 6.26. The molecule has 1 amide bonds. The molecule has 1 unspecified atom stereocenters. The molecule has 7 nitrogen and oxygen atoms in total. The summed E-state index contributed by atoms with van der Waals surface area (Å²) >= 11 is 0. The molecule has 27 heavy (non-hydrogen) atoms. The van der Waals surface area contributed by atoms with Crippen molar-refractivity contribution in [3.8, 4) is 11.3 Å². The summed E-state index contributed by atoms with van der Waals surface area (Å²) in [7, 11) is 1.34. The summed E-state index contributed by atoms with van der Waals surface area (Å²) in [5.41, 5.74) is 2.28. The number of nitrogens with zero attached hydrogens (tertiary/aromatic N) is 2. The largest absolute Gasteiger partial charge is 0.444 e. The fourth-order valence-corrected chi connectivity index (χ4v) is 3.04. The molecule has 1 aliphatic heterocycles. The van der Waals surface area contributed by atoms with E-state index in [1.807, 2.05) is 20.8 Å². The van der Waals surface area contributed by atoms with E-state index in [0.717, 1.165) is 11.3 Å². The van der Waals surface area contributed by atoms with Crippen LogP contribution in [0.5, 0.6) is 0 Å². The van der Waals surface area contributed by atoms with Gasteiger partial charge in [-0.2, -0.15) is 5.10 Å². The van der Waals surface area contributed by atoms with Crippen molar-refractivity contribution in [2.24, 2.45) is 0 Å². The topological polar surface area (TPSA) is 87.7 Å². The molecule has 0 aliphatic carbocycles. The zero-order chi connectivity index (χ0) is 19.8. The van der Waals surface area contributed by atoms with Crippen molar-refractivity contribution >= 4 is 6.09 Å². The highest BCUT2D eigenvalue weighted by molar-refractivity contribution is 5.70. The first kappa shape index (κ1) is 19.3. The van der Waals surface area contributed by atoms with Crippen LogP contribution >= 0.6 is 0 Å². The lowest BCUT2D eigenvalue weighted by Crippen LogP contribution is -2.39. The number of carbonyl (C=O) groups excluding carboxylic acids is 1. The molecule has 1 aromatic carbocycles. The minimum atomic E-state index is -1.18. The number of benzene rings is 1. The Morgan fingerprint density at radius 2 is 2.15 bits per heavy atom. The van der Waals surface area contributed by atoms with Crippen molar-refractivity contribution in [3.05, 3.63) is 40.8 Å². The normalized spacial score (nSPS) is 15.4. The Hall–Kier alpha value is -2.45. The molecule has 3 rings (SSSR count). The van der Waals surface area contributed by atoms with Gasteiger partial charge in [-0.3, -0.25) is 5.10 Å². The zero-order valence-corrected chi connectivity index (χ0v) is 15.9. The number of ether oxygens (including phenoxy) is 2. The van der Waals surface area contributed by atoms with Gasteiger partial charge in [-0.1, -0.05) is 6.07 Å². The van der Waals surface area contributed by atoms with E-state index in [9.17, 15) is 14.3 Å². The predicted molar refractivity (Wildman–Crippen MR) is 96.3 cm³/mol. The number of hydrogen-bond acceptors (Lipinski definition) is 5. The Kier molecular flexibility index (Phi) is 5.21. The Morgan fingerprint density at radius 3 is 2.78 bits per heavy atom. The minimum absolute atomic E-state index is 0.333. The van der Waals surface area contributed by atoms with Crippen LogP contribution in [-0.2, 0) is 22.4 Å². The third kappa shape index (κ3) is 4.12. The van der Waals surface area contributed by atoms with Crippen LogP contribution in [0.3, 0.4) is 0 Å². The maximum Gasteiger partial charge on any atom is 0.410 e. The first-order chi connectivity index (χ1) is 12.7. The van der Waals surface area contributed by atoms with Gasteiger partial charge in [0.05, 0.1) is 17.9 Å². The summed E-state index contributed by atoms with van der Waals surface area (Å²) < 4.78 is 24.8. The molecular formula is C19H24FN3O4. The van der Waals surface area contributed by atoms with Crippen molar-refractivity contribution in [1.29, 1.82) is 0 Å². The Morgan fingerprint density at radius 1 is 1.41 bits per heavy atom. The van der Waals surface area contributed by atoms with Crippen molar-refractivity contribution in [1.82, 2.24) is 15.1 Å². The molecule has 0 spiro atoms. The number of nitrogens with one attached hydrogen (secondary N) is 1. The van der Waals surface area contributed by atoms with E-state index in [2.05, 4.69) is 10.2 Å². The van der Waals surface area contributed by atoms with Gasteiger partial charge < -0.3 is 19.5 Å². The zero-order valence-electron chi connectivity index (χ0n) is 15.9. The smallest absolute Gasteiger partial charge is 0.410 e. The van der Waals surface area contributed by atoms with Crippen LogP contribution in [0.1, 0.15) is 43.9 Å². The molecular weight excluding hydrogens is 353 g/mol. The molecule has 1 aromatic heterocycles. The molecule has 2 aromatic rings. The molecule has 1 atom stereocenters. The molecule has 2 N–H and O–H groups in total. The number of H-pyrrole nitrogens is 1. The van der Waals surface area contributed by atoms with Crippen LogP contribution in [0.2, 0.25) is 0 Å². The molecule has 0 radical (unpaired) electrons. The van der Waals surface area contributed by atoms with Crippen LogP contribution in [0.4, 0.5) is 9.18 Å². The molecule has 0 saturated heterocycles. The van der Waals surface area contributed by atoms with E-state index in [4.69, 9.17) is 9.47 Å². The Balaban J connectivity index is 1.82. The summed E-state index contributed by atoms with van der Waals surface area (Å²) in [5, 5.41) is 16.8. The lowest BCUT2D eigenvalue weighted by Gasteiger charge is -2.29. The van der Waals surface area contributed by atoms with Gasteiger partial charge in [0.1, 0.15) is 11.4 Å². The number of aliphatic hydroxyl groups is 1. The van der Waals surface area contributed by atoms with Crippen LogP contribution in [0.15, 0.2) is 18.2 Å². The highest BCUT2D eigenvalue weighted by Gasteiger charge is 2.29. The van der Waals surface area contributed by atoms with Gasteiger partial charge in [-0.05, 0) is 39.3 Å². The van der Waals surface area contributed by atoms with Crippen molar-refractivity contribution in [2.45, 2.75) is 45.6 Å². The Bertz CT molecular complexity index is 844. The lowest BCUT2D eigenvalue weighted by molar-refractivity contribution is -0.0770. The van der Waals surface area contributed by atoms with Crippen molar-refractivity contribution < 1.29 is 23.8 Å². The molecule has 0 saturated carbocycles. The van der Waals surface area contributed by atoms with Gasteiger partial charge in [-0.25, -0.2) is 9.18 Å². The molecule has 146 valence electrons. The van der Waals surface area contributed by atoms with E-state index in [1.54, 1.807) is 17.0 Å². The van der Waals surface area contributed by atoms with E-state index in [0.29, 0.717) is 36.3 Å². The number of fused-ring (bicyclic) bond motifs is 1. The van der Waals surface area contributed by atoms with Gasteiger partial charge in [0.15, 0.2) is 6.29 Å². The quantitative estimate of drug-likeness (QED) is 0.803. The summed E-state index contributed by atoms with van der Waals surface area (Å²) in [4.78, 5) is 13.9. The number of aliphatic hydroxyl groups excluding tert-OH is 1. The second-order valence-electron chi connectivity index (χ2n) is 7.51. The molecule has 1 aliphatic rings. The average Bonchev–Trinajstić information content (AvgIpc) is 3.02. The monoisotopic (exact) mass is 377 g/mol. The van der Waals surface area contributed by atoms with Gasteiger partial charge in [0.2, 0.25) is 0 Å². The van der Waals surface area contributed by atoms with E-state index in [1.165, 1.54) is 13.2 Å². The number of carbonyl (C=O) groups is 1. The molecule has 0 bridgehead atoms. The highest BCUT2D eigenvalue weighted by atomic mass is 19.1. The van der Waals surface area contributed by atoms with E-state index >= 15 is 0 Å². The van der Waals surface area contributed by atoms with E-state index < -0.39 is 17.7 Å². The fraction of sp³-hybridized carbons (Fsp3) is 0.474. The third-order valence-corrected chi connectivity index (χ3v) is 4.34. The number of aromatic amines is 1. The summed E-state index contributed by atoms with van der Waals surface area (Å²) in [6.07, 6.45) is -1.01. The average molecular weight is 377 g/mol. The SMILES string of the molecule is COC(O)c1ccc(-c2n[nH]c3c2CCN(C(=O)OC(C)(C)C)C3)c(F)c1. The first-order valence-corrected chi connectivity index (χ1v) is 8.74. The third-order valence-electron chi connectivity index (χ3n) is 4.34. The van der Waals surface area contributed by atoms with Crippen LogP contribution in [-0.4, -0.2) is 45.6 Å². The van der Waals surface area contributed by atoms with Gasteiger partial charge >= 0.3 is 6.09 Å². The maximum atomic E-state index is 14.6. The van der Waals surface area contributed by atoms with Crippen molar-refractivity contribution in [2.75, 3.05) is 13.7 Å². The second kappa shape index (κ2) is 7.28. The fourth-order valence-electron chi connectivity index (χ4n) is 3.04. The van der Waals surface area contributed by atoms with Gasteiger partial charge in [0.25, 0.3) is 0 Å². The second-order valence-corrected chi connectivity index (χ2v) is 7.51. The molecule has 8 heteroatoms. The number of amides is 1. The standard InChI is InChI=1S/C19H24FN3O4/c1-19(2,3)27-18(25)23-8-7-13-15(10-23)21-22-16(13)12-6-5-11(9-14(12)20)17(24)26-4/h5-6,9,17,24H,7-8,10H2,1-4H3,(H,21,22). The molecule has 2 heterocycles. The number of aromatic nitrogens is 2. The van der Waals surface area contributed by atoms with E-state index in [-0.39, 0.29) is 6.09 Å². The number of halogens is 1. The highest BCUT2D eigenvalue weighted by Crippen LogP contribution is 2.31. The minimum Gasteiger partial charge on any atom is -0.444 e. The van der Waals surface area contributed by atoms with Crippen LogP contribution in [0, 0.1) is 5.82 Å². The predicted octanol–water partition coefficient (Wildman–Crippen LogP) is 3.15. The number of hydrogen-bond donors (Lipinski definition) is 2. The lowest BCUT2D eigenvalue weighted by atomic mass is 9.99. The first-order valence-electron chi connectivity index (χ1n) is 8.74. The van der Waals surface area contributed by atoms with Gasteiger partial charge in [0, 0.05) is 30.3 Å². The maximum absolute atomic E-state index is 14.6. The summed E-state index contributed by atoms with van der Waals surface area (Å²) in [6, 6.07) is 4.41. The van der Waals surface area contributed by atoms with Gasteiger partial charge in [-0.15, -0.1) is 0 Å². The van der Waals surface area contributed by atoms with Crippen molar-refractivity contribution in [3.63, 3.8) is 0 Å². The molecule has 0 fully saturated rings. The van der Waals surface area contributed by atoms with Crippen LogP contribution < -0.4 is 0 Å². The summed E-state index contributed by atoms with van der Waals surface area (Å²) in [5.74, 6) is -0.493. The Labute approximate surface area is 157 Å². The van der Waals surface area contributed by atoms with Crippen LogP contribution in [0.25, 0.3) is 11.3 Å². The number of methoxy groups -OCH3 is 1.